The van der Waals surface area contributed by atoms with Gasteiger partial charge < -0.3 is 10.2 Å². The fourth-order valence-corrected chi connectivity index (χ4v) is 3.06. The number of anilines is 1. The zero-order chi connectivity index (χ0) is 12.8. The SMILES string of the molecule is CCNCc1ccc(N2CCCSCC2)nc1C. The molecule has 2 heterocycles. The number of aryl methyl sites for hydroxylation is 1. The smallest absolute Gasteiger partial charge is 0.128 e. The van der Waals surface area contributed by atoms with Crippen molar-refractivity contribution in [2.45, 2.75) is 26.8 Å². The molecule has 1 aliphatic rings. The Bertz CT molecular complexity index is 373. The molecule has 1 fully saturated rings. The number of hydrogen-bond acceptors (Lipinski definition) is 4. The molecule has 0 aromatic carbocycles. The molecular weight excluding hydrogens is 242 g/mol. The number of pyridine rings is 1. The van der Waals surface area contributed by atoms with Crippen LogP contribution in [0.4, 0.5) is 5.82 Å². The molecular formula is C14H23N3S. The summed E-state index contributed by atoms with van der Waals surface area (Å²) in [5, 5.41) is 3.36. The van der Waals surface area contributed by atoms with Crippen LogP contribution in [0.3, 0.4) is 0 Å². The van der Waals surface area contributed by atoms with Crippen LogP contribution in [0, 0.1) is 6.92 Å². The lowest BCUT2D eigenvalue weighted by atomic mass is 10.2. The van der Waals surface area contributed by atoms with Gasteiger partial charge in [-0.1, -0.05) is 13.0 Å². The van der Waals surface area contributed by atoms with Gasteiger partial charge in [-0.15, -0.1) is 0 Å². The maximum atomic E-state index is 4.77. The first-order valence-corrected chi connectivity index (χ1v) is 7.96. The van der Waals surface area contributed by atoms with Gasteiger partial charge in [0, 0.05) is 31.1 Å². The summed E-state index contributed by atoms with van der Waals surface area (Å²) in [6.07, 6.45) is 1.27. The van der Waals surface area contributed by atoms with Crippen LogP contribution in [0.5, 0.6) is 0 Å². The predicted molar refractivity (Wildman–Crippen MR) is 80.5 cm³/mol. The highest BCUT2D eigenvalue weighted by Gasteiger charge is 2.12. The van der Waals surface area contributed by atoms with E-state index < -0.39 is 0 Å². The second kappa shape index (κ2) is 7.00. The van der Waals surface area contributed by atoms with Gasteiger partial charge in [-0.25, -0.2) is 4.98 Å². The molecule has 0 aliphatic carbocycles. The van der Waals surface area contributed by atoms with Crippen molar-refractivity contribution in [1.29, 1.82) is 0 Å². The molecule has 0 bridgehead atoms. The molecule has 0 unspecified atom stereocenters. The van der Waals surface area contributed by atoms with Gasteiger partial charge in [0.15, 0.2) is 0 Å². The lowest BCUT2D eigenvalue weighted by Crippen LogP contribution is -2.26. The first-order chi connectivity index (χ1) is 8.81. The fourth-order valence-electron chi connectivity index (χ4n) is 2.17. The molecule has 18 heavy (non-hydrogen) atoms. The summed E-state index contributed by atoms with van der Waals surface area (Å²) in [7, 11) is 0. The van der Waals surface area contributed by atoms with E-state index in [0.717, 1.165) is 37.7 Å². The number of nitrogens with zero attached hydrogens (tertiary/aromatic N) is 2. The summed E-state index contributed by atoms with van der Waals surface area (Å²) < 4.78 is 0. The van der Waals surface area contributed by atoms with E-state index in [1.54, 1.807) is 0 Å². The van der Waals surface area contributed by atoms with Gasteiger partial charge in [-0.05, 0) is 37.3 Å². The van der Waals surface area contributed by atoms with Gasteiger partial charge in [0.05, 0.1) is 0 Å². The van der Waals surface area contributed by atoms with Gasteiger partial charge in [-0.2, -0.15) is 11.8 Å². The molecule has 0 amide bonds. The van der Waals surface area contributed by atoms with Gasteiger partial charge in [0.1, 0.15) is 5.82 Å². The Kier molecular flexibility index (Phi) is 5.32. The van der Waals surface area contributed by atoms with Crippen molar-refractivity contribution in [2.75, 3.05) is 36.0 Å². The number of nitrogens with one attached hydrogen (secondary N) is 1. The molecule has 1 saturated heterocycles. The predicted octanol–water partition coefficient (Wildman–Crippen LogP) is 2.44. The van der Waals surface area contributed by atoms with Crippen molar-refractivity contribution >= 4 is 17.6 Å². The summed E-state index contributed by atoms with van der Waals surface area (Å²) in [4.78, 5) is 7.19. The minimum absolute atomic E-state index is 0.922. The van der Waals surface area contributed by atoms with Crippen molar-refractivity contribution in [3.8, 4) is 0 Å². The standard InChI is InChI=1S/C14H23N3S/c1-3-15-11-13-5-6-14(16-12(13)2)17-7-4-9-18-10-8-17/h5-6,15H,3-4,7-11H2,1-2H3. The highest BCUT2D eigenvalue weighted by atomic mass is 32.2. The number of thioether (sulfide) groups is 1. The van der Waals surface area contributed by atoms with E-state index in [2.05, 4.69) is 48.0 Å². The molecule has 1 aliphatic heterocycles. The summed E-state index contributed by atoms with van der Waals surface area (Å²) in [5.74, 6) is 3.66. The Morgan fingerprint density at radius 1 is 1.33 bits per heavy atom. The Balaban J connectivity index is 2.06. The van der Waals surface area contributed by atoms with Crippen molar-refractivity contribution in [3.05, 3.63) is 23.4 Å². The Morgan fingerprint density at radius 2 is 2.22 bits per heavy atom. The number of hydrogen-bond donors (Lipinski definition) is 1. The van der Waals surface area contributed by atoms with Crippen LogP contribution in [0.15, 0.2) is 12.1 Å². The zero-order valence-corrected chi connectivity index (χ0v) is 12.2. The molecule has 4 heteroatoms. The minimum Gasteiger partial charge on any atom is -0.356 e. The van der Waals surface area contributed by atoms with Gasteiger partial charge >= 0.3 is 0 Å². The third-order valence-electron chi connectivity index (χ3n) is 3.29. The zero-order valence-electron chi connectivity index (χ0n) is 11.4. The first-order valence-electron chi connectivity index (χ1n) is 6.81. The highest BCUT2D eigenvalue weighted by Crippen LogP contribution is 2.19. The van der Waals surface area contributed by atoms with Gasteiger partial charge in [0.2, 0.25) is 0 Å². The van der Waals surface area contributed by atoms with E-state index >= 15 is 0 Å². The molecule has 100 valence electrons. The van der Waals surface area contributed by atoms with Crippen LogP contribution < -0.4 is 10.2 Å². The minimum atomic E-state index is 0.922. The summed E-state index contributed by atoms with van der Waals surface area (Å²) in [5.41, 5.74) is 2.47. The van der Waals surface area contributed by atoms with Gasteiger partial charge in [-0.3, -0.25) is 0 Å². The average Bonchev–Trinajstić information content (AvgIpc) is 2.66. The second-order valence-corrected chi connectivity index (χ2v) is 5.87. The normalized spacial score (nSPS) is 16.7. The van der Waals surface area contributed by atoms with E-state index in [1.807, 2.05) is 0 Å². The summed E-state index contributed by atoms with van der Waals surface area (Å²) in [6.45, 7) is 8.44. The molecule has 1 N–H and O–H groups in total. The van der Waals surface area contributed by atoms with Crippen molar-refractivity contribution in [3.63, 3.8) is 0 Å². The fraction of sp³-hybridized carbons (Fsp3) is 0.643. The topological polar surface area (TPSA) is 28.2 Å². The van der Waals surface area contributed by atoms with Crippen molar-refractivity contribution < 1.29 is 0 Å². The number of aromatic nitrogens is 1. The van der Waals surface area contributed by atoms with E-state index in [-0.39, 0.29) is 0 Å². The molecule has 2 rings (SSSR count). The lowest BCUT2D eigenvalue weighted by molar-refractivity contribution is 0.717. The van der Waals surface area contributed by atoms with Crippen molar-refractivity contribution in [1.82, 2.24) is 10.3 Å². The van der Waals surface area contributed by atoms with E-state index in [4.69, 9.17) is 4.98 Å². The maximum Gasteiger partial charge on any atom is 0.128 e. The molecule has 0 saturated carbocycles. The van der Waals surface area contributed by atoms with Crippen LogP contribution in [0.2, 0.25) is 0 Å². The molecule has 0 spiro atoms. The van der Waals surface area contributed by atoms with Crippen LogP contribution in [0.1, 0.15) is 24.6 Å². The molecule has 1 aromatic rings. The Hall–Kier alpha value is -0.740. The summed E-state index contributed by atoms with van der Waals surface area (Å²) >= 11 is 2.05. The second-order valence-electron chi connectivity index (χ2n) is 4.65. The Morgan fingerprint density at radius 3 is 3.00 bits per heavy atom. The molecule has 3 nitrogen and oxygen atoms in total. The molecule has 1 aromatic heterocycles. The van der Waals surface area contributed by atoms with Crippen molar-refractivity contribution in [2.24, 2.45) is 0 Å². The third kappa shape index (κ3) is 3.62. The first kappa shape index (κ1) is 13.7. The lowest BCUT2D eigenvalue weighted by Gasteiger charge is -2.22. The largest absolute Gasteiger partial charge is 0.356 e. The van der Waals surface area contributed by atoms with Crippen LogP contribution in [-0.4, -0.2) is 36.1 Å². The molecule has 0 atom stereocenters. The van der Waals surface area contributed by atoms with E-state index in [1.165, 1.54) is 23.5 Å². The highest BCUT2D eigenvalue weighted by molar-refractivity contribution is 7.99. The summed E-state index contributed by atoms with van der Waals surface area (Å²) in [6, 6.07) is 4.40. The van der Waals surface area contributed by atoms with E-state index in [0.29, 0.717) is 0 Å². The van der Waals surface area contributed by atoms with Crippen LogP contribution in [0.25, 0.3) is 0 Å². The molecule has 0 radical (unpaired) electrons. The number of rotatable bonds is 4. The maximum absolute atomic E-state index is 4.77. The van der Waals surface area contributed by atoms with E-state index in [9.17, 15) is 0 Å². The van der Waals surface area contributed by atoms with Gasteiger partial charge in [0.25, 0.3) is 0 Å². The monoisotopic (exact) mass is 265 g/mol. The van der Waals surface area contributed by atoms with Crippen LogP contribution in [-0.2, 0) is 6.54 Å². The quantitative estimate of drug-likeness (QED) is 0.905. The average molecular weight is 265 g/mol. The Labute approximate surface area is 114 Å². The van der Waals surface area contributed by atoms with Crippen LogP contribution >= 0.6 is 11.8 Å². The third-order valence-corrected chi connectivity index (χ3v) is 4.34.